The monoisotopic (exact) mass is 308 g/mol. The van der Waals surface area contributed by atoms with Crippen LogP contribution < -0.4 is 10.6 Å². The van der Waals surface area contributed by atoms with Crippen molar-refractivity contribution in [1.29, 1.82) is 0 Å². The first kappa shape index (κ1) is 15.5. The molecule has 0 aliphatic carbocycles. The van der Waals surface area contributed by atoms with E-state index in [0.717, 1.165) is 12.2 Å². The van der Waals surface area contributed by atoms with E-state index in [1.807, 2.05) is 30.3 Å². The second-order valence-electron chi connectivity index (χ2n) is 4.56. The largest absolute Gasteiger partial charge is 0.366 e. The molecule has 112 valence electrons. The number of nitrogens with zero attached hydrogens (tertiary/aromatic N) is 2. The van der Waals surface area contributed by atoms with E-state index in [4.69, 9.17) is 4.74 Å². The van der Waals surface area contributed by atoms with E-state index in [0.29, 0.717) is 18.8 Å². The average molecular weight is 309 g/mol. The maximum absolute atomic E-state index is 12.0. The average Bonchev–Trinajstić information content (AvgIpc) is 2.97. The Morgan fingerprint density at radius 3 is 2.90 bits per heavy atom. The zero-order chi connectivity index (χ0) is 13.8. The Bertz CT molecular complexity index is 582. The lowest BCUT2D eigenvalue weighted by Gasteiger charge is -2.22. The second kappa shape index (κ2) is 7.21. The van der Waals surface area contributed by atoms with Crippen molar-refractivity contribution in [2.24, 2.45) is 0 Å². The van der Waals surface area contributed by atoms with Crippen molar-refractivity contribution < 1.29 is 9.53 Å². The van der Waals surface area contributed by atoms with Gasteiger partial charge < -0.3 is 15.4 Å². The Morgan fingerprint density at radius 1 is 1.38 bits per heavy atom. The number of amides is 1. The first-order chi connectivity index (χ1) is 9.83. The van der Waals surface area contributed by atoms with Crippen molar-refractivity contribution in [3.8, 4) is 5.69 Å². The van der Waals surface area contributed by atoms with Gasteiger partial charge in [0.15, 0.2) is 0 Å². The number of hydrogen-bond donors (Lipinski definition) is 2. The lowest BCUT2D eigenvalue weighted by atomic mass is 10.3. The fourth-order valence-corrected chi connectivity index (χ4v) is 2.07. The molecule has 1 aliphatic rings. The van der Waals surface area contributed by atoms with Crippen molar-refractivity contribution in [3.05, 3.63) is 42.7 Å². The van der Waals surface area contributed by atoms with Gasteiger partial charge >= 0.3 is 0 Å². The highest BCUT2D eigenvalue weighted by Gasteiger charge is 2.22. The predicted octanol–water partition coefficient (Wildman–Crippen LogP) is 1.22. The molecule has 1 aliphatic heterocycles. The van der Waals surface area contributed by atoms with Gasteiger partial charge in [-0.2, -0.15) is 5.10 Å². The quantitative estimate of drug-likeness (QED) is 0.894. The number of nitrogens with one attached hydrogen (secondary N) is 2. The molecule has 0 saturated carbocycles. The molecule has 7 heteroatoms. The highest BCUT2D eigenvalue weighted by molar-refractivity contribution is 5.94. The Kier molecular flexibility index (Phi) is 5.32. The molecule has 1 aromatic heterocycles. The third-order valence-corrected chi connectivity index (χ3v) is 3.09. The minimum atomic E-state index is -0.441. The molecule has 1 fully saturated rings. The molecular weight excluding hydrogens is 292 g/mol. The minimum Gasteiger partial charge on any atom is -0.366 e. The molecule has 2 N–H and O–H groups in total. The summed E-state index contributed by atoms with van der Waals surface area (Å²) in [5, 5.41) is 10.2. The van der Waals surface area contributed by atoms with Gasteiger partial charge in [0.1, 0.15) is 6.10 Å². The van der Waals surface area contributed by atoms with Crippen molar-refractivity contribution in [2.45, 2.75) is 6.10 Å². The van der Waals surface area contributed by atoms with E-state index in [1.54, 1.807) is 17.1 Å². The molecular formula is C14H17ClN4O2. The molecule has 1 saturated heterocycles. The fourth-order valence-electron chi connectivity index (χ4n) is 2.07. The number of para-hydroxylation sites is 1. The third-order valence-electron chi connectivity index (χ3n) is 3.09. The Balaban J connectivity index is 0.00000161. The molecule has 3 rings (SSSR count). The van der Waals surface area contributed by atoms with Gasteiger partial charge in [-0.3, -0.25) is 4.79 Å². The zero-order valence-corrected chi connectivity index (χ0v) is 12.2. The lowest BCUT2D eigenvalue weighted by Crippen LogP contribution is -2.45. The summed E-state index contributed by atoms with van der Waals surface area (Å²) in [5.41, 5.74) is 1.61. The predicted molar refractivity (Wildman–Crippen MR) is 82.1 cm³/mol. The van der Waals surface area contributed by atoms with Crippen LogP contribution in [0.4, 0.5) is 5.69 Å². The number of carbonyl (C=O) groups is 1. The van der Waals surface area contributed by atoms with E-state index in [9.17, 15) is 4.79 Å². The van der Waals surface area contributed by atoms with Crippen LogP contribution in [-0.2, 0) is 9.53 Å². The van der Waals surface area contributed by atoms with Crippen LogP contribution in [-0.4, -0.2) is 41.5 Å². The number of aromatic nitrogens is 2. The molecule has 6 nitrogen and oxygen atoms in total. The van der Waals surface area contributed by atoms with Crippen LogP contribution in [0.1, 0.15) is 0 Å². The van der Waals surface area contributed by atoms with Crippen molar-refractivity contribution >= 4 is 24.0 Å². The van der Waals surface area contributed by atoms with E-state index < -0.39 is 6.10 Å². The highest BCUT2D eigenvalue weighted by atomic mass is 35.5. The molecule has 0 spiro atoms. The van der Waals surface area contributed by atoms with Crippen molar-refractivity contribution in [1.82, 2.24) is 15.1 Å². The number of benzene rings is 1. The number of halogens is 1. The van der Waals surface area contributed by atoms with Gasteiger partial charge in [0.25, 0.3) is 5.91 Å². The third kappa shape index (κ3) is 3.81. The molecule has 0 radical (unpaired) electrons. The van der Waals surface area contributed by atoms with Crippen LogP contribution >= 0.6 is 12.4 Å². The highest BCUT2D eigenvalue weighted by Crippen LogP contribution is 2.12. The topological polar surface area (TPSA) is 68.2 Å². The summed E-state index contributed by atoms with van der Waals surface area (Å²) >= 11 is 0. The first-order valence-electron chi connectivity index (χ1n) is 6.56. The molecule has 1 unspecified atom stereocenters. The summed E-state index contributed by atoms with van der Waals surface area (Å²) in [6.45, 7) is 1.88. The maximum atomic E-state index is 12.0. The number of rotatable bonds is 3. The van der Waals surface area contributed by atoms with E-state index >= 15 is 0 Å². The fraction of sp³-hybridized carbons (Fsp3) is 0.286. The number of ether oxygens (including phenoxy) is 1. The molecule has 1 atom stereocenters. The van der Waals surface area contributed by atoms with Gasteiger partial charge in [-0.1, -0.05) is 18.2 Å². The van der Waals surface area contributed by atoms with Crippen LogP contribution in [0.15, 0.2) is 42.7 Å². The van der Waals surface area contributed by atoms with Gasteiger partial charge in [-0.15, -0.1) is 12.4 Å². The molecule has 1 aromatic carbocycles. The summed E-state index contributed by atoms with van der Waals surface area (Å²) < 4.78 is 7.12. The molecule has 0 bridgehead atoms. The van der Waals surface area contributed by atoms with Gasteiger partial charge in [0.2, 0.25) is 0 Å². The number of carbonyl (C=O) groups excluding carboxylic acids is 1. The van der Waals surface area contributed by atoms with Crippen LogP contribution in [0.25, 0.3) is 5.69 Å². The molecule has 2 aromatic rings. The summed E-state index contributed by atoms with van der Waals surface area (Å²) in [6.07, 6.45) is 2.97. The minimum absolute atomic E-state index is 0. The number of anilines is 1. The number of hydrogen-bond acceptors (Lipinski definition) is 4. The standard InChI is InChI=1S/C14H16N4O2.ClH/c19-14(13-9-15-6-7-20-13)17-11-8-16-18(10-11)12-4-2-1-3-5-12;/h1-5,8,10,13,15H,6-7,9H2,(H,17,19);1H. The Morgan fingerprint density at radius 2 is 2.19 bits per heavy atom. The van der Waals surface area contributed by atoms with Crippen molar-refractivity contribution in [3.63, 3.8) is 0 Å². The number of morpholine rings is 1. The Hall–Kier alpha value is -1.89. The maximum Gasteiger partial charge on any atom is 0.254 e. The summed E-state index contributed by atoms with van der Waals surface area (Å²) in [6, 6.07) is 9.73. The van der Waals surface area contributed by atoms with E-state index in [2.05, 4.69) is 15.7 Å². The summed E-state index contributed by atoms with van der Waals surface area (Å²) in [7, 11) is 0. The lowest BCUT2D eigenvalue weighted by molar-refractivity contribution is -0.128. The van der Waals surface area contributed by atoms with Gasteiger partial charge in [-0.05, 0) is 12.1 Å². The summed E-state index contributed by atoms with van der Waals surface area (Å²) in [5.74, 6) is -0.148. The second-order valence-corrected chi connectivity index (χ2v) is 4.56. The molecule has 1 amide bonds. The smallest absolute Gasteiger partial charge is 0.254 e. The van der Waals surface area contributed by atoms with E-state index in [-0.39, 0.29) is 18.3 Å². The van der Waals surface area contributed by atoms with Gasteiger partial charge in [0.05, 0.1) is 30.4 Å². The first-order valence-corrected chi connectivity index (χ1v) is 6.56. The van der Waals surface area contributed by atoms with E-state index in [1.165, 1.54) is 0 Å². The molecule has 2 heterocycles. The zero-order valence-electron chi connectivity index (χ0n) is 11.4. The molecule has 21 heavy (non-hydrogen) atoms. The van der Waals surface area contributed by atoms with Crippen LogP contribution in [0.3, 0.4) is 0 Å². The SMILES string of the molecule is Cl.O=C(Nc1cnn(-c2ccccc2)c1)C1CNCCO1. The van der Waals surface area contributed by atoms with Gasteiger partial charge in [-0.25, -0.2) is 4.68 Å². The van der Waals surface area contributed by atoms with Crippen LogP contribution in [0, 0.1) is 0 Å². The summed E-state index contributed by atoms with van der Waals surface area (Å²) in [4.78, 5) is 12.0. The van der Waals surface area contributed by atoms with Gasteiger partial charge in [0, 0.05) is 13.1 Å². The van der Waals surface area contributed by atoms with Crippen molar-refractivity contribution in [2.75, 3.05) is 25.0 Å². The van der Waals surface area contributed by atoms with Crippen LogP contribution in [0.5, 0.6) is 0 Å². The normalized spacial score (nSPS) is 17.8. The Labute approximate surface area is 128 Å². The van der Waals surface area contributed by atoms with Crippen LogP contribution in [0.2, 0.25) is 0 Å².